The van der Waals surface area contributed by atoms with Gasteiger partial charge in [-0.1, -0.05) is 57.2 Å². The number of hydrogen-bond donors (Lipinski definition) is 2. The highest BCUT2D eigenvalue weighted by Gasteiger charge is 2.44. The fraction of sp³-hybridized carbons (Fsp3) is 0.217. The van der Waals surface area contributed by atoms with Crippen LogP contribution in [0.15, 0.2) is 60.7 Å². The molecule has 0 saturated heterocycles. The van der Waals surface area contributed by atoms with Crippen LogP contribution in [0.1, 0.15) is 47.1 Å². The Morgan fingerprint density at radius 3 is 1.57 bits per heavy atom. The highest BCUT2D eigenvalue weighted by molar-refractivity contribution is 14.1. The number of imide groups is 1. The fourth-order valence-electron chi connectivity index (χ4n) is 2.97. The molecule has 7 nitrogen and oxygen atoms in total. The van der Waals surface area contributed by atoms with E-state index in [0.29, 0.717) is 16.5 Å². The van der Waals surface area contributed by atoms with Crippen molar-refractivity contribution in [2.75, 3.05) is 0 Å². The van der Waals surface area contributed by atoms with Gasteiger partial charge in [-0.25, -0.2) is 0 Å². The summed E-state index contributed by atoms with van der Waals surface area (Å²) in [5.41, 5.74) is -3.14. The molecular weight excluding hydrogens is 602 g/mol. The molecule has 188 valence electrons. The Balaban J connectivity index is 0.000000200. The lowest BCUT2D eigenvalue weighted by molar-refractivity contribution is -0.0510. The number of carbonyl (C=O) groups excluding carboxylic acids is 2. The molecule has 3 aromatic rings. The SMILES string of the molecule is CC(C)(C)c1ccc(I)cc1.O=C1c2cccc3cccc(c23)C(=O)N1O.O=S(=O)(O)C(F)(F)F. The van der Waals surface area contributed by atoms with Crippen LogP contribution in [0.25, 0.3) is 10.8 Å². The molecule has 0 aliphatic carbocycles. The summed E-state index contributed by atoms with van der Waals surface area (Å²) in [5, 5.41) is 11.0. The first-order chi connectivity index (χ1) is 15.9. The average molecular weight is 623 g/mol. The molecule has 1 aliphatic rings. The summed E-state index contributed by atoms with van der Waals surface area (Å²) in [5.74, 6) is -1.34. The number of nitrogens with zero attached hydrogens (tertiary/aromatic N) is 1. The zero-order valence-electron chi connectivity index (χ0n) is 18.7. The van der Waals surface area contributed by atoms with Crippen molar-refractivity contribution in [1.29, 1.82) is 0 Å². The third kappa shape index (κ3) is 6.99. The van der Waals surface area contributed by atoms with Gasteiger partial charge in [0.15, 0.2) is 0 Å². The Hall–Kier alpha value is -2.55. The third-order valence-corrected chi connectivity index (χ3v) is 6.06. The highest BCUT2D eigenvalue weighted by Crippen LogP contribution is 2.29. The Morgan fingerprint density at radius 1 is 0.829 bits per heavy atom. The van der Waals surface area contributed by atoms with E-state index >= 15 is 0 Å². The van der Waals surface area contributed by atoms with Crippen LogP contribution in [0.2, 0.25) is 0 Å². The van der Waals surface area contributed by atoms with Gasteiger partial charge in [0, 0.05) is 8.96 Å². The second-order valence-corrected chi connectivity index (χ2v) is 11.0. The Bertz CT molecular complexity index is 1300. The van der Waals surface area contributed by atoms with E-state index < -0.39 is 27.4 Å². The summed E-state index contributed by atoms with van der Waals surface area (Å²) in [6.45, 7) is 6.69. The van der Waals surface area contributed by atoms with E-state index in [1.54, 1.807) is 24.3 Å². The number of halogens is 4. The van der Waals surface area contributed by atoms with E-state index in [2.05, 4.69) is 67.6 Å². The summed E-state index contributed by atoms with van der Waals surface area (Å²) < 4.78 is 58.8. The monoisotopic (exact) mass is 623 g/mol. The van der Waals surface area contributed by atoms with Crippen molar-refractivity contribution in [1.82, 2.24) is 5.06 Å². The first-order valence-electron chi connectivity index (χ1n) is 9.84. The highest BCUT2D eigenvalue weighted by atomic mass is 127. The molecule has 4 rings (SSSR count). The normalized spacial score (nSPS) is 13.6. The van der Waals surface area contributed by atoms with Gasteiger partial charge in [-0.2, -0.15) is 21.6 Å². The van der Waals surface area contributed by atoms with Crippen molar-refractivity contribution in [3.05, 3.63) is 80.9 Å². The van der Waals surface area contributed by atoms with Crippen LogP contribution in [0.4, 0.5) is 13.2 Å². The topological polar surface area (TPSA) is 112 Å². The quantitative estimate of drug-likeness (QED) is 0.108. The molecule has 0 bridgehead atoms. The number of benzene rings is 3. The van der Waals surface area contributed by atoms with Gasteiger partial charge in [-0.05, 0) is 63.2 Å². The number of hydrogen-bond acceptors (Lipinski definition) is 5. The minimum absolute atomic E-state index is 0.164. The molecule has 0 radical (unpaired) electrons. The minimum atomic E-state index is -5.84. The van der Waals surface area contributed by atoms with E-state index in [0.717, 1.165) is 5.39 Å². The van der Waals surface area contributed by atoms with Crippen LogP contribution in [-0.4, -0.2) is 40.6 Å². The molecule has 1 aliphatic heterocycles. The van der Waals surface area contributed by atoms with Crippen molar-refractivity contribution >= 4 is 55.3 Å². The number of rotatable bonds is 0. The number of hydroxylamine groups is 2. The van der Waals surface area contributed by atoms with Gasteiger partial charge >= 0.3 is 15.6 Å². The van der Waals surface area contributed by atoms with Crippen molar-refractivity contribution in [3.63, 3.8) is 0 Å². The van der Waals surface area contributed by atoms with Crippen LogP contribution in [-0.2, 0) is 15.5 Å². The molecule has 1 heterocycles. The van der Waals surface area contributed by atoms with Crippen LogP contribution in [0.5, 0.6) is 0 Å². The van der Waals surface area contributed by atoms with Crippen LogP contribution in [0, 0.1) is 3.57 Å². The van der Waals surface area contributed by atoms with Crippen molar-refractivity contribution in [2.24, 2.45) is 0 Å². The largest absolute Gasteiger partial charge is 0.522 e. The zero-order valence-corrected chi connectivity index (χ0v) is 21.6. The number of alkyl halides is 3. The number of carbonyl (C=O) groups is 2. The van der Waals surface area contributed by atoms with E-state index in [1.807, 2.05) is 12.1 Å². The summed E-state index contributed by atoms with van der Waals surface area (Å²) in [6.07, 6.45) is 0. The molecule has 0 saturated carbocycles. The molecule has 0 unspecified atom stereocenters. The molecule has 2 amide bonds. The average Bonchev–Trinajstić information content (AvgIpc) is 2.75. The maximum absolute atomic E-state index is 11.7. The standard InChI is InChI=1S/C12H7NO3.C10H13I.CHF3O3S/c14-11-8-5-1-3-7-4-2-6-9(10(7)8)12(15)13(11)16;1-10(2,3)8-4-6-9(11)7-5-8;2-1(3,4)8(5,6)7/h1-6,16H;4-7H,1-3H3;(H,5,6,7). The van der Waals surface area contributed by atoms with Crippen molar-refractivity contribution < 1.29 is 40.9 Å². The van der Waals surface area contributed by atoms with E-state index in [-0.39, 0.29) is 10.5 Å². The van der Waals surface area contributed by atoms with Gasteiger partial charge in [0.05, 0.1) is 11.1 Å². The molecule has 12 heteroatoms. The molecule has 35 heavy (non-hydrogen) atoms. The maximum atomic E-state index is 11.7. The molecule has 0 spiro atoms. The molecule has 2 N–H and O–H groups in total. The van der Waals surface area contributed by atoms with Gasteiger partial charge < -0.3 is 0 Å². The van der Waals surface area contributed by atoms with Gasteiger partial charge in [0.1, 0.15) is 0 Å². The Labute approximate surface area is 213 Å². The number of amides is 2. The van der Waals surface area contributed by atoms with Gasteiger partial charge in [0.25, 0.3) is 11.8 Å². The summed E-state index contributed by atoms with van der Waals surface area (Å²) in [7, 11) is -5.84. The van der Waals surface area contributed by atoms with E-state index in [4.69, 9.17) is 13.0 Å². The van der Waals surface area contributed by atoms with Crippen LogP contribution in [0.3, 0.4) is 0 Å². The second-order valence-electron chi connectivity index (χ2n) is 8.31. The molecule has 0 atom stereocenters. The Kier molecular flexibility index (Phi) is 8.69. The van der Waals surface area contributed by atoms with Crippen molar-refractivity contribution in [3.8, 4) is 0 Å². The summed E-state index contributed by atoms with van der Waals surface area (Å²) in [6, 6.07) is 19.0. The lowest BCUT2D eigenvalue weighted by Gasteiger charge is -2.21. The Morgan fingerprint density at radius 2 is 1.23 bits per heavy atom. The van der Waals surface area contributed by atoms with E-state index in [1.165, 1.54) is 9.13 Å². The molecular formula is C23H21F3INO6S. The first-order valence-corrected chi connectivity index (χ1v) is 12.4. The first kappa shape index (κ1) is 28.7. The van der Waals surface area contributed by atoms with Crippen LogP contribution >= 0.6 is 22.6 Å². The van der Waals surface area contributed by atoms with Crippen molar-refractivity contribution in [2.45, 2.75) is 31.7 Å². The van der Waals surface area contributed by atoms with Crippen LogP contribution < -0.4 is 0 Å². The summed E-state index contributed by atoms with van der Waals surface area (Å²) >= 11 is 2.32. The van der Waals surface area contributed by atoms with Gasteiger partial charge in [-0.15, -0.1) is 5.06 Å². The molecule has 0 fully saturated rings. The van der Waals surface area contributed by atoms with E-state index in [9.17, 15) is 28.0 Å². The predicted octanol–water partition coefficient (Wildman–Crippen LogP) is 5.81. The molecule has 0 aromatic heterocycles. The smallest absolute Gasteiger partial charge is 0.279 e. The predicted molar refractivity (Wildman–Crippen MR) is 132 cm³/mol. The lowest BCUT2D eigenvalue weighted by Crippen LogP contribution is -2.37. The van der Waals surface area contributed by atoms with Gasteiger partial charge in [0.2, 0.25) is 0 Å². The minimum Gasteiger partial charge on any atom is -0.279 e. The molecule has 3 aromatic carbocycles. The maximum Gasteiger partial charge on any atom is 0.522 e. The van der Waals surface area contributed by atoms with Gasteiger partial charge in [-0.3, -0.25) is 19.3 Å². The third-order valence-electron chi connectivity index (χ3n) is 4.75. The zero-order chi connectivity index (χ0) is 26.8. The second kappa shape index (κ2) is 10.6. The fourth-order valence-corrected chi connectivity index (χ4v) is 3.33. The summed E-state index contributed by atoms with van der Waals surface area (Å²) in [4.78, 5) is 23.3. The lowest BCUT2D eigenvalue weighted by atomic mass is 9.87.